The van der Waals surface area contributed by atoms with E-state index >= 15 is 0 Å². The number of hydrogen-bond donors (Lipinski definition) is 1. The fraction of sp³-hybridized carbons (Fsp3) is 0.318. The number of para-hydroxylation sites is 1. The summed E-state index contributed by atoms with van der Waals surface area (Å²) in [5.41, 5.74) is 1.32. The summed E-state index contributed by atoms with van der Waals surface area (Å²) in [6, 6.07) is 12.2. The zero-order valence-corrected chi connectivity index (χ0v) is 16.2. The zero-order chi connectivity index (χ0) is 20.8. The van der Waals surface area contributed by atoms with Crippen LogP contribution in [0, 0.1) is 5.92 Å². The number of rotatable bonds is 9. The third-order valence-corrected chi connectivity index (χ3v) is 4.72. The lowest BCUT2D eigenvalue weighted by molar-refractivity contribution is -0.117. The van der Waals surface area contributed by atoms with Crippen LogP contribution in [0.5, 0.6) is 17.2 Å². The van der Waals surface area contributed by atoms with Gasteiger partial charge in [-0.05, 0) is 48.6 Å². The highest BCUT2D eigenvalue weighted by Gasteiger charge is 2.33. The lowest BCUT2D eigenvalue weighted by atomic mass is 10.0. The summed E-state index contributed by atoms with van der Waals surface area (Å²) in [5, 5.41) is 3.01. The number of ether oxygens (including phenoxy) is 3. The van der Waals surface area contributed by atoms with Crippen molar-refractivity contribution in [3.63, 3.8) is 0 Å². The van der Waals surface area contributed by atoms with Crippen LogP contribution < -0.4 is 19.5 Å². The van der Waals surface area contributed by atoms with E-state index in [2.05, 4.69) is 10.1 Å². The van der Waals surface area contributed by atoms with Gasteiger partial charge in [0.1, 0.15) is 5.75 Å². The van der Waals surface area contributed by atoms with Crippen molar-refractivity contribution in [1.82, 2.24) is 5.32 Å². The average Bonchev–Trinajstić information content (AvgIpc) is 3.56. The molecule has 2 aromatic carbocycles. The topological polar surface area (TPSA) is 56.8 Å². The molecule has 1 aliphatic carbocycles. The molecule has 3 rings (SSSR count). The van der Waals surface area contributed by atoms with Gasteiger partial charge in [0.25, 0.3) is 0 Å². The Bertz CT molecular complexity index is 864. The van der Waals surface area contributed by atoms with Crippen molar-refractivity contribution in [1.29, 1.82) is 0 Å². The maximum atomic E-state index is 12.7. The minimum absolute atomic E-state index is 0.108. The number of hydrogen-bond acceptors (Lipinski definition) is 4. The summed E-state index contributed by atoms with van der Waals surface area (Å²) >= 11 is 0. The van der Waals surface area contributed by atoms with Crippen molar-refractivity contribution < 1.29 is 27.8 Å². The summed E-state index contributed by atoms with van der Waals surface area (Å²) in [6.07, 6.45) is 4.84. The number of alkyl halides is 2. The van der Waals surface area contributed by atoms with Crippen LogP contribution in [0.3, 0.4) is 0 Å². The monoisotopic (exact) mass is 403 g/mol. The second-order valence-electron chi connectivity index (χ2n) is 6.69. The minimum atomic E-state index is -3.00. The molecular formula is C22H23F2NO4. The molecule has 1 unspecified atom stereocenters. The number of benzene rings is 2. The van der Waals surface area contributed by atoms with Gasteiger partial charge in [-0.15, -0.1) is 0 Å². The number of amides is 1. The molecule has 7 heteroatoms. The Labute approximate surface area is 168 Å². The maximum absolute atomic E-state index is 12.7. The summed E-state index contributed by atoms with van der Waals surface area (Å²) in [4.78, 5) is 12.5. The molecule has 1 amide bonds. The van der Waals surface area contributed by atoms with E-state index in [0.717, 1.165) is 24.2 Å². The highest BCUT2D eigenvalue weighted by molar-refractivity contribution is 5.92. The normalized spacial score (nSPS) is 14.7. The smallest absolute Gasteiger partial charge is 0.387 e. The van der Waals surface area contributed by atoms with Gasteiger partial charge in [0.15, 0.2) is 11.5 Å². The van der Waals surface area contributed by atoms with Crippen molar-refractivity contribution in [3.05, 3.63) is 59.7 Å². The molecule has 0 spiro atoms. The van der Waals surface area contributed by atoms with E-state index in [-0.39, 0.29) is 23.4 Å². The Morgan fingerprint density at radius 3 is 2.41 bits per heavy atom. The molecule has 154 valence electrons. The fourth-order valence-corrected chi connectivity index (χ4v) is 3.12. The van der Waals surface area contributed by atoms with Gasteiger partial charge in [-0.1, -0.05) is 24.3 Å². The SMILES string of the molecule is COc1ccc(C(NC(=O)/C=C/c2cccc(OC)c2OC(F)F)C2CC2)cc1. The Balaban J connectivity index is 1.74. The van der Waals surface area contributed by atoms with Crippen LogP contribution in [-0.4, -0.2) is 26.7 Å². The van der Waals surface area contributed by atoms with Crippen LogP contribution in [0.15, 0.2) is 48.5 Å². The lowest BCUT2D eigenvalue weighted by Gasteiger charge is -2.18. The molecule has 1 fully saturated rings. The molecule has 0 saturated heterocycles. The Morgan fingerprint density at radius 2 is 1.83 bits per heavy atom. The number of carbonyl (C=O) groups excluding carboxylic acids is 1. The number of methoxy groups -OCH3 is 2. The van der Waals surface area contributed by atoms with Crippen molar-refractivity contribution in [2.75, 3.05) is 14.2 Å². The first-order valence-electron chi connectivity index (χ1n) is 9.26. The van der Waals surface area contributed by atoms with Crippen LogP contribution in [-0.2, 0) is 4.79 Å². The molecular weight excluding hydrogens is 380 g/mol. The van der Waals surface area contributed by atoms with E-state index < -0.39 is 6.61 Å². The number of nitrogens with one attached hydrogen (secondary N) is 1. The second kappa shape index (κ2) is 9.41. The standard InChI is InChI=1S/C22H23F2NO4/c1-27-17-11-8-15(9-12-17)20(14-6-7-14)25-19(26)13-10-16-4-3-5-18(28-2)21(16)29-22(23)24/h3-5,8-14,20,22H,6-7H2,1-2H3,(H,25,26)/b13-10+. The van der Waals surface area contributed by atoms with E-state index in [4.69, 9.17) is 9.47 Å². The number of halogens is 2. The molecule has 0 aliphatic heterocycles. The average molecular weight is 403 g/mol. The first kappa shape index (κ1) is 20.6. The summed E-state index contributed by atoms with van der Waals surface area (Å²) in [6.45, 7) is -3.00. The first-order chi connectivity index (χ1) is 14.0. The van der Waals surface area contributed by atoms with Crippen LogP contribution in [0.2, 0.25) is 0 Å². The third kappa shape index (κ3) is 5.47. The second-order valence-corrected chi connectivity index (χ2v) is 6.69. The van der Waals surface area contributed by atoms with E-state index in [9.17, 15) is 13.6 Å². The predicted octanol–water partition coefficient (Wildman–Crippen LogP) is 4.59. The van der Waals surface area contributed by atoms with Gasteiger partial charge in [0.05, 0.1) is 20.3 Å². The van der Waals surface area contributed by atoms with E-state index in [0.29, 0.717) is 11.5 Å². The molecule has 29 heavy (non-hydrogen) atoms. The van der Waals surface area contributed by atoms with Gasteiger partial charge in [0.2, 0.25) is 5.91 Å². The van der Waals surface area contributed by atoms with Gasteiger partial charge in [-0.2, -0.15) is 8.78 Å². The summed E-state index contributed by atoms with van der Waals surface area (Å²) in [7, 11) is 2.97. The molecule has 0 bridgehead atoms. The molecule has 1 atom stereocenters. The quantitative estimate of drug-likeness (QED) is 0.623. The largest absolute Gasteiger partial charge is 0.497 e. The van der Waals surface area contributed by atoms with Gasteiger partial charge in [-0.25, -0.2) is 0 Å². The molecule has 0 aromatic heterocycles. The van der Waals surface area contributed by atoms with Crippen LogP contribution in [0.1, 0.15) is 30.0 Å². The van der Waals surface area contributed by atoms with E-state index in [1.807, 2.05) is 24.3 Å². The Morgan fingerprint density at radius 1 is 1.10 bits per heavy atom. The van der Waals surface area contributed by atoms with Gasteiger partial charge in [-0.3, -0.25) is 4.79 Å². The zero-order valence-electron chi connectivity index (χ0n) is 16.2. The van der Waals surface area contributed by atoms with Crippen molar-refractivity contribution >= 4 is 12.0 Å². The van der Waals surface area contributed by atoms with Gasteiger partial charge >= 0.3 is 6.61 Å². The van der Waals surface area contributed by atoms with Crippen LogP contribution in [0.4, 0.5) is 8.78 Å². The third-order valence-electron chi connectivity index (χ3n) is 4.72. The number of carbonyl (C=O) groups is 1. The molecule has 0 radical (unpaired) electrons. The molecule has 5 nitrogen and oxygen atoms in total. The highest BCUT2D eigenvalue weighted by atomic mass is 19.3. The van der Waals surface area contributed by atoms with Crippen LogP contribution >= 0.6 is 0 Å². The van der Waals surface area contributed by atoms with Gasteiger partial charge < -0.3 is 19.5 Å². The fourth-order valence-electron chi connectivity index (χ4n) is 3.12. The predicted molar refractivity (Wildman–Crippen MR) is 105 cm³/mol. The lowest BCUT2D eigenvalue weighted by Crippen LogP contribution is -2.28. The maximum Gasteiger partial charge on any atom is 0.387 e. The van der Waals surface area contributed by atoms with Gasteiger partial charge in [0, 0.05) is 11.6 Å². The van der Waals surface area contributed by atoms with Crippen molar-refractivity contribution in [2.24, 2.45) is 5.92 Å². The highest BCUT2D eigenvalue weighted by Crippen LogP contribution is 2.41. The Hall–Kier alpha value is -3.09. The first-order valence-corrected chi connectivity index (χ1v) is 9.26. The van der Waals surface area contributed by atoms with Crippen LogP contribution in [0.25, 0.3) is 6.08 Å². The molecule has 0 heterocycles. The van der Waals surface area contributed by atoms with E-state index in [1.165, 1.54) is 25.3 Å². The molecule has 1 aliphatic rings. The van der Waals surface area contributed by atoms with Crippen molar-refractivity contribution in [2.45, 2.75) is 25.5 Å². The molecule has 1 N–H and O–H groups in total. The van der Waals surface area contributed by atoms with Crippen molar-refractivity contribution in [3.8, 4) is 17.2 Å². The Kier molecular flexibility index (Phi) is 6.69. The van der Waals surface area contributed by atoms with E-state index in [1.54, 1.807) is 19.2 Å². The summed E-state index contributed by atoms with van der Waals surface area (Å²) < 4.78 is 40.3. The minimum Gasteiger partial charge on any atom is -0.497 e. The molecule has 1 saturated carbocycles. The summed E-state index contributed by atoms with van der Waals surface area (Å²) in [5.74, 6) is 0.878. The molecule has 2 aromatic rings.